The van der Waals surface area contributed by atoms with Crippen LogP contribution < -0.4 is 11.1 Å². The van der Waals surface area contributed by atoms with Gasteiger partial charge < -0.3 is 11.1 Å². The molecule has 3 rings (SSSR count). The Balaban J connectivity index is 2.33. The number of pyridine rings is 1. The fraction of sp³-hybridized carbons (Fsp3) is 0.167. The summed E-state index contributed by atoms with van der Waals surface area (Å²) >= 11 is 0. The molecule has 1 aromatic heterocycles. The van der Waals surface area contributed by atoms with Crippen LogP contribution in [0.2, 0.25) is 0 Å². The van der Waals surface area contributed by atoms with E-state index in [0.29, 0.717) is 0 Å². The smallest absolute Gasteiger partial charge is 0.129 e. The van der Waals surface area contributed by atoms with Gasteiger partial charge >= 0.3 is 0 Å². The first-order valence-corrected chi connectivity index (χ1v) is 5.20. The largest absolute Gasteiger partial charge is 0.344 e. The minimum atomic E-state index is -0.324. The van der Waals surface area contributed by atoms with Crippen LogP contribution in [0.5, 0.6) is 0 Å². The summed E-state index contributed by atoms with van der Waals surface area (Å²) in [7, 11) is 0. The van der Waals surface area contributed by atoms with E-state index in [4.69, 9.17) is 5.73 Å². The average Bonchev–Trinajstić information content (AvgIpc) is 2.28. The van der Waals surface area contributed by atoms with Crippen molar-refractivity contribution in [1.82, 2.24) is 4.98 Å². The molecular formula is C12H12N4. The predicted octanol–water partition coefficient (Wildman–Crippen LogP) is 2.04. The van der Waals surface area contributed by atoms with E-state index in [1.807, 2.05) is 31.2 Å². The second kappa shape index (κ2) is 3.28. The maximum Gasteiger partial charge on any atom is 0.129 e. The number of nitrogens with one attached hydrogen (secondary N) is 1. The van der Waals surface area contributed by atoms with E-state index >= 15 is 0 Å². The van der Waals surface area contributed by atoms with Crippen LogP contribution in [0.1, 0.15) is 18.7 Å². The van der Waals surface area contributed by atoms with Gasteiger partial charge in [0.05, 0.1) is 11.4 Å². The second-order valence-corrected chi connectivity index (χ2v) is 3.89. The standard InChI is InChI=1S/C12H12N4/c1-7-15-9-5-4-8-3-2-6-14-11(8)10(9)12(13)16-7/h2-6,12H,13H2,1H3,(H,15,16). The van der Waals surface area contributed by atoms with Gasteiger partial charge in [0.1, 0.15) is 6.17 Å². The number of nitrogens with two attached hydrogens (primary N) is 1. The highest BCUT2D eigenvalue weighted by Crippen LogP contribution is 2.32. The van der Waals surface area contributed by atoms with Gasteiger partial charge in [0.2, 0.25) is 0 Å². The lowest BCUT2D eigenvalue weighted by Gasteiger charge is -2.22. The van der Waals surface area contributed by atoms with E-state index in [0.717, 1.165) is 28.0 Å². The third-order valence-electron chi connectivity index (χ3n) is 2.76. The molecule has 2 heterocycles. The number of benzene rings is 1. The number of hydrogen-bond donors (Lipinski definition) is 2. The van der Waals surface area contributed by atoms with Gasteiger partial charge in [0, 0.05) is 22.8 Å². The topological polar surface area (TPSA) is 63.3 Å². The molecule has 1 unspecified atom stereocenters. The summed E-state index contributed by atoms with van der Waals surface area (Å²) in [5.74, 6) is 0.843. The van der Waals surface area contributed by atoms with Crippen molar-refractivity contribution in [3.05, 3.63) is 36.0 Å². The SMILES string of the molecule is CC1=NC(N)c2c(ccc3cccnc23)N1. The molecule has 1 atom stereocenters. The van der Waals surface area contributed by atoms with Crippen LogP contribution in [0.25, 0.3) is 10.9 Å². The number of nitrogens with zero attached hydrogens (tertiary/aromatic N) is 2. The first-order valence-electron chi connectivity index (χ1n) is 5.20. The number of aliphatic imine (C=N–C) groups is 1. The minimum absolute atomic E-state index is 0.324. The van der Waals surface area contributed by atoms with Crippen molar-refractivity contribution >= 4 is 22.4 Å². The van der Waals surface area contributed by atoms with Crippen molar-refractivity contribution in [3.63, 3.8) is 0 Å². The molecule has 3 N–H and O–H groups in total. The van der Waals surface area contributed by atoms with Crippen LogP contribution >= 0.6 is 0 Å². The highest BCUT2D eigenvalue weighted by molar-refractivity contribution is 6.00. The van der Waals surface area contributed by atoms with Crippen LogP contribution in [0.4, 0.5) is 5.69 Å². The molecule has 0 amide bonds. The monoisotopic (exact) mass is 212 g/mol. The van der Waals surface area contributed by atoms with Crippen LogP contribution in [0, 0.1) is 0 Å². The lowest BCUT2D eigenvalue weighted by Crippen LogP contribution is -2.22. The summed E-state index contributed by atoms with van der Waals surface area (Å²) in [6.07, 6.45) is 1.45. The first kappa shape index (κ1) is 9.30. The molecule has 4 heteroatoms. The van der Waals surface area contributed by atoms with Crippen LogP contribution in [-0.4, -0.2) is 10.8 Å². The van der Waals surface area contributed by atoms with E-state index in [9.17, 15) is 0 Å². The van der Waals surface area contributed by atoms with Crippen molar-refractivity contribution in [1.29, 1.82) is 0 Å². The van der Waals surface area contributed by atoms with Gasteiger partial charge in [-0.25, -0.2) is 4.99 Å². The predicted molar refractivity (Wildman–Crippen MR) is 65.4 cm³/mol. The molecule has 1 aliphatic heterocycles. The molecule has 80 valence electrons. The van der Waals surface area contributed by atoms with E-state index in [-0.39, 0.29) is 6.17 Å². The Bertz CT molecular complexity index is 589. The lowest BCUT2D eigenvalue weighted by atomic mass is 10.0. The average molecular weight is 212 g/mol. The normalized spacial score (nSPS) is 18.9. The van der Waals surface area contributed by atoms with Crippen molar-refractivity contribution in [2.24, 2.45) is 10.7 Å². The molecule has 1 aliphatic rings. The first-order chi connectivity index (χ1) is 7.75. The van der Waals surface area contributed by atoms with Gasteiger partial charge in [-0.1, -0.05) is 12.1 Å². The number of hydrogen-bond acceptors (Lipinski definition) is 4. The fourth-order valence-electron chi connectivity index (χ4n) is 2.08. The summed E-state index contributed by atoms with van der Waals surface area (Å²) < 4.78 is 0. The summed E-state index contributed by atoms with van der Waals surface area (Å²) in [6.45, 7) is 1.91. The molecular weight excluding hydrogens is 200 g/mol. The molecule has 0 fully saturated rings. The van der Waals surface area contributed by atoms with Crippen LogP contribution in [0.15, 0.2) is 35.5 Å². The quantitative estimate of drug-likeness (QED) is 0.702. The van der Waals surface area contributed by atoms with Gasteiger partial charge in [-0.3, -0.25) is 4.98 Å². The van der Waals surface area contributed by atoms with Crippen molar-refractivity contribution in [3.8, 4) is 0 Å². The molecule has 0 saturated heterocycles. The Morgan fingerprint density at radius 2 is 2.19 bits per heavy atom. The van der Waals surface area contributed by atoms with Crippen molar-refractivity contribution in [2.45, 2.75) is 13.1 Å². The van der Waals surface area contributed by atoms with Crippen LogP contribution in [0.3, 0.4) is 0 Å². The summed E-state index contributed by atoms with van der Waals surface area (Å²) in [5.41, 5.74) is 8.94. The Morgan fingerprint density at radius 3 is 3.06 bits per heavy atom. The third kappa shape index (κ3) is 1.27. The zero-order valence-electron chi connectivity index (χ0n) is 8.94. The maximum atomic E-state index is 6.04. The third-order valence-corrected chi connectivity index (χ3v) is 2.76. The Morgan fingerprint density at radius 1 is 1.31 bits per heavy atom. The van der Waals surface area contributed by atoms with E-state index in [2.05, 4.69) is 15.3 Å². The molecule has 2 aromatic rings. The Labute approximate surface area is 93.2 Å². The van der Waals surface area contributed by atoms with Crippen molar-refractivity contribution < 1.29 is 0 Å². The number of amidine groups is 1. The number of anilines is 1. The van der Waals surface area contributed by atoms with Crippen LogP contribution in [-0.2, 0) is 0 Å². The van der Waals surface area contributed by atoms with Gasteiger partial charge in [-0.15, -0.1) is 0 Å². The Kier molecular flexibility index (Phi) is 1.91. The van der Waals surface area contributed by atoms with E-state index in [1.54, 1.807) is 6.20 Å². The zero-order chi connectivity index (χ0) is 11.1. The maximum absolute atomic E-state index is 6.04. The molecule has 0 saturated carbocycles. The summed E-state index contributed by atoms with van der Waals surface area (Å²) in [6, 6.07) is 8.02. The fourth-order valence-corrected chi connectivity index (χ4v) is 2.08. The summed E-state index contributed by atoms with van der Waals surface area (Å²) in [4.78, 5) is 8.70. The molecule has 1 aromatic carbocycles. The van der Waals surface area contributed by atoms with Gasteiger partial charge in [0.15, 0.2) is 0 Å². The van der Waals surface area contributed by atoms with E-state index < -0.39 is 0 Å². The zero-order valence-corrected chi connectivity index (χ0v) is 8.94. The number of aromatic nitrogens is 1. The van der Waals surface area contributed by atoms with E-state index in [1.165, 1.54) is 0 Å². The number of fused-ring (bicyclic) bond motifs is 3. The molecule has 16 heavy (non-hydrogen) atoms. The van der Waals surface area contributed by atoms with Crippen molar-refractivity contribution in [2.75, 3.05) is 5.32 Å². The van der Waals surface area contributed by atoms with Gasteiger partial charge in [-0.05, 0) is 19.1 Å². The highest BCUT2D eigenvalue weighted by atomic mass is 15.1. The second-order valence-electron chi connectivity index (χ2n) is 3.89. The molecule has 0 aliphatic carbocycles. The lowest BCUT2D eigenvalue weighted by molar-refractivity contribution is 0.773. The van der Waals surface area contributed by atoms with Gasteiger partial charge in [0.25, 0.3) is 0 Å². The summed E-state index contributed by atoms with van der Waals surface area (Å²) in [5, 5.41) is 4.30. The van der Waals surface area contributed by atoms with Gasteiger partial charge in [-0.2, -0.15) is 0 Å². The minimum Gasteiger partial charge on any atom is -0.344 e. The molecule has 0 radical (unpaired) electrons. The Hall–Kier alpha value is -1.94. The molecule has 4 nitrogen and oxygen atoms in total. The molecule has 0 bridgehead atoms. The number of rotatable bonds is 0. The molecule has 0 spiro atoms. The highest BCUT2D eigenvalue weighted by Gasteiger charge is 2.19.